The van der Waals surface area contributed by atoms with Crippen molar-refractivity contribution in [3.05, 3.63) is 71.5 Å². The summed E-state index contributed by atoms with van der Waals surface area (Å²) in [5.41, 5.74) is 0.409. The van der Waals surface area contributed by atoms with Gasteiger partial charge in [-0.15, -0.1) is 10.2 Å². The monoisotopic (exact) mass is 492 g/mol. The molecule has 7 nitrogen and oxygen atoms in total. The van der Waals surface area contributed by atoms with Gasteiger partial charge in [0.15, 0.2) is 5.16 Å². The molecule has 180 valence electrons. The molecule has 34 heavy (non-hydrogen) atoms. The number of carbonyl (C=O) groups excluding carboxylic acids is 2. The first-order chi connectivity index (χ1) is 16.2. The summed E-state index contributed by atoms with van der Waals surface area (Å²) in [4.78, 5) is 24.7. The largest absolute Gasteiger partial charge is 0.466 e. The maximum atomic E-state index is 12.7. The average molecular weight is 493 g/mol. The van der Waals surface area contributed by atoms with Gasteiger partial charge in [0.2, 0.25) is 5.91 Å². The van der Waals surface area contributed by atoms with Crippen molar-refractivity contribution < 1.29 is 27.5 Å². The number of carbonyl (C=O) groups is 2. The fourth-order valence-corrected chi connectivity index (χ4v) is 3.87. The molecule has 1 heterocycles. The fourth-order valence-electron chi connectivity index (χ4n) is 3.00. The smallest absolute Gasteiger partial charge is 0.416 e. The minimum Gasteiger partial charge on any atom is -0.466 e. The van der Waals surface area contributed by atoms with E-state index in [2.05, 4.69) is 15.5 Å². The summed E-state index contributed by atoms with van der Waals surface area (Å²) < 4.78 is 45.0. The third-order valence-corrected chi connectivity index (χ3v) is 5.80. The zero-order chi connectivity index (χ0) is 24.7. The highest BCUT2D eigenvalue weighted by molar-refractivity contribution is 8.00. The van der Waals surface area contributed by atoms with Crippen LogP contribution in [0.3, 0.4) is 0 Å². The summed E-state index contributed by atoms with van der Waals surface area (Å²) in [5.74, 6) is -0.444. The van der Waals surface area contributed by atoms with Gasteiger partial charge in [-0.25, -0.2) is 0 Å². The summed E-state index contributed by atoms with van der Waals surface area (Å²) in [6.45, 7) is 3.99. The van der Waals surface area contributed by atoms with Crippen LogP contribution in [-0.2, 0) is 33.5 Å². The molecule has 11 heteroatoms. The molecule has 3 rings (SSSR count). The summed E-state index contributed by atoms with van der Waals surface area (Å²) in [6, 6.07) is 13.7. The van der Waals surface area contributed by atoms with Gasteiger partial charge in [-0.1, -0.05) is 42.1 Å². The first-order valence-corrected chi connectivity index (χ1v) is 11.3. The Labute approximate surface area is 198 Å². The lowest BCUT2D eigenvalue weighted by Crippen LogP contribution is -2.23. The number of ether oxygens (including phenoxy) is 1. The molecule has 1 aromatic heterocycles. The predicted molar refractivity (Wildman–Crippen MR) is 121 cm³/mol. The van der Waals surface area contributed by atoms with Crippen LogP contribution in [0.5, 0.6) is 0 Å². The van der Waals surface area contributed by atoms with Crippen molar-refractivity contribution in [2.24, 2.45) is 0 Å². The van der Waals surface area contributed by atoms with Crippen LogP contribution in [0.2, 0.25) is 0 Å². The van der Waals surface area contributed by atoms with E-state index in [4.69, 9.17) is 4.74 Å². The second-order valence-electron chi connectivity index (χ2n) is 7.28. The normalized spacial score (nSPS) is 12.3. The number of aromatic nitrogens is 3. The zero-order valence-electron chi connectivity index (χ0n) is 18.5. The van der Waals surface area contributed by atoms with Crippen LogP contribution in [0.15, 0.2) is 59.8 Å². The summed E-state index contributed by atoms with van der Waals surface area (Å²) in [5, 5.41) is 10.7. The number of esters is 1. The standard InChI is InChI=1S/C23H23F3N4O3S/c1-3-33-20(31)13-19-28-29-22(30(19)14-16-7-5-4-6-8-16)34-15(2)21(32)27-18-11-9-17(10-12-18)23(24,25)26/h4-12,15H,3,13-14H2,1-2H3,(H,27,32)/t15-/m0/s1. The second kappa shape index (κ2) is 11.2. The van der Waals surface area contributed by atoms with Gasteiger partial charge in [0.05, 0.1) is 24.0 Å². The average Bonchev–Trinajstić information content (AvgIpc) is 3.15. The Morgan fingerprint density at radius 3 is 2.38 bits per heavy atom. The molecule has 0 spiro atoms. The molecule has 3 aromatic rings. The van der Waals surface area contributed by atoms with Gasteiger partial charge in [0.1, 0.15) is 12.2 Å². The van der Waals surface area contributed by atoms with Gasteiger partial charge < -0.3 is 14.6 Å². The third-order valence-electron chi connectivity index (χ3n) is 4.72. The van der Waals surface area contributed by atoms with Crippen molar-refractivity contribution in [3.63, 3.8) is 0 Å². The van der Waals surface area contributed by atoms with Gasteiger partial charge in [0.25, 0.3) is 0 Å². The summed E-state index contributed by atoms with van der Waals surface area (Å²) >= 11 is 1.13. The highest BCUT2D eigenvalue weighted by atomic mass is 32.2. The number of benzene rings is 2. The second-order valence-corrected chi connectivity index (χ2v) is 8.58. The quantitative estimate of drug-likeness (QED) is 0.348. The van der Waals surface area contributed by atoms with E-state index in [0.717, 1.165) is 29.5 Å². The van der Waals surface area contributed by atoms with Crippen LogP contribution < -0.4 is 5.32 Å². The lowest BCUT2D eigenvalue weighted by atomic mass is 10.2. The molecule has 0 unspecified atom stereocenters. The van der Waals surface area contributed by atoms with E-state index in [0.29, 0.717) is 17.5 Å². The van der Waals surface area contributed by atoms with Gasteiger partial charge in [-0.2, -0.15) is 13.2 Å². The van der Waals surface area contributed by atoms with Crippen LogP contribution in [0, 0.1) is 0 Å². The lowest BCUT2D eigenvalue weighted by molar-refractivity contribution is -0.142. The molecule has 0 aliphatic carbocycles. The van der Waals surface area contributed by atoms with E-state index in [1.54, 1.807) is 18.4 Å². The van der Waals surface area contributed by atoms with E-state index in [9.17, 15) is 22.8 Å². The van der Waals surface area contributed by atoms with Crippen LogP contribution >= 0.6 is 11.8 Å². The highest BCUT2D eigenvalue weighted by Gasteiger charge is 2.30. The number of thioether (sulfide) groups is 1. The topological polar surface area (TPSA) is 86.1 Å². The van der Waals surface area contributed by atoms with Crippen LogP contribution in [-0.4, -0.2) is 38.5 Å². The number of hydrogen-bond acceptors (Lipinski definition) is 6. The Kier molecular flexibility index (Phi) is 8.32. The van der Waals surface area contributed by atoms with E-state index in [1.165, 1.54) is 12.1 Å². The maximum Gasteiger partial charge on any atom is 0.416 e. The van der Waals surface area contributed by atoms with Crippen molar-refractivity contribution in [3.8, 4) is 0 Å². The number of hydrogen-bond donors (Lipinski definition) is 1. The van der Waals surface area contributed by atoms with Crippen LogP contribution in [0.4, 0.5) is 18.9 Å². The SMILES string of the molecule is CCOC(=O)Cc1nnc(S[C@@H](C)C(=O)Nc2ccc(C(F)(F)F)cc2)n1Cc1ccccc1. The van der Waals surface area contributed by atoms with Gasteiger partial charge in [-0.05, 0) is 43.7 Å². The fraction of sp³-hybridized carbons (Fsp3) is 0.304. The zero-order valence-corrected chi connectivity index (χ0v) is 19.3. The Bertz CT molecular complexity index is 1120. The molecular formula is C23H23F3N4O3S. The minimum absolute atomic E-state index is 0.0691. The number of anilines is 1. The Morgan fingerprint density at radius 2 is 1.76 bits per heavy atom. The number of amides is 1. The minimum atomic E-state index is -4.45. The molecule has 1 atom stereocenters. The number of alkyl halides is 3. The van der Waals surface area contributed by atoms with E-state index in [-0.39, 0.29) is 18.7 Å². The predicted octanol–water partition coefficient (Wildman–Crippen LogP) is 4.57. The summed E-state index contributed by atoms with van der Waals surface area (Å²) in [7, 11) is 0. The number of nitrogens with one attached hydrogen (secondary N) is 1. The number of rotatable bonds is 9. The molecule has 1 amide bonds. The molecule has 0 aliphatic heterocycles. The Morgan fingerprint density at radius 1 is 1.09 bits per heavy atom. The van der Waals surface area contributed by atoms with E-state index >= 15 is 0 Å². The van der Waals surface area contributed by atoms with Gasteiger partial charge in [0, 0.05) is 5.69 Å². The van der Waals surface area contributed by atoms with E-state index in [1.807, 2.05) is 30.3 Å². The molecule has 0 saturated carbocycles. The molecule has 2 aromatic carbocycles. The van der Waals surface area contributed by atoms with Crippen molar-refractivity contribution >= 4 is 29.3 Å². The maximum absolute atomic E-state index is 12.7. The third kappa shape index (κ3) is 6.83. The molecule has 1 N–H and O–H groups in total. The molecule has 0 bridgehead atoms. The van der Waals surface area contributed by atoms with Crippen molar-refractivity contribution in [1.29, 1.82) is 0 Å². The Hall–Kier alpha value is -3.34. The van der Waals surface area contributed by atoms with Crippen molar-refractivity contribution in [2.45, 2.75) is 43.4 Å². The first-order valence-electron chi connectivity index (χ1n) is 10.4. The Balaban J connectivity index is 1.74. The highest BCUT2D eigenvalue weighted by Crippen LogP contribution is 2.30. The van der Waals surface area contributed by atoms with Gasteiger partial charge in [-0.3, -0.25) is 9.59 Å². The van der Waals surface area contributed by atoms with E-state index < -0.39 is 28.9 Å². The number of nitrogens with zero attached hydrogens (tertiary/aromatic N) is 3. The van der Waals surface area contributed by atoms with Gasteiger partial charge >= 0.3 is 12.1 Å². The molecular weight excluding hydrogens is 469 g/mol. The van der Waals surface area contributed by atoms with Crippen molar-refractivity contribution in [1.82, 2.24) is 14.8 Å². The van der Waals surface area contributed by atoms with Crippen LogP contribution in [0.25, 0.3) is 0 Å². The molecule has 0 saturated heterocycles. The lowest BCUT2D eigenvalue weighted by Gasteiger charge is -2.14. The van der Waals surface area contributed by atoms with Crippen LogP contribution in [0.1, 0.15) is 30.8 Å². The molecule has 0 radical (unpaired) electrons. The molecule has 0 aliphatic rings. The number of halogens is 3. The van der Waals surface area contributed by atoms with Crippen molar-refractivity contribution in [2.75, 3.05) is 11.9 Å². The summed E-state index contributed by atoms with van der Waals surface area (Å²) in [6.07, 6.45) is -4.52. The molecule has 0 fully saturated rings. The first kappa shape index (κ1) is 25.3.